The third kappa shape index (κ3) is 2.62. The Morgan fingerprint density at radius 1 is 1.24 bits per heavy atom. The molecule has 2 heterocycles. The predicted octanol–water partition coefficient (Wildman–Crippen LogP) is 1.44. The molecule has 1 amide bonds. The minimum atomic E-state index is -0.0275. The van der Waals surface area contributed by atoms with E-state index in [9.17, 15) is 4.79 Å². The van der Waals surface area contributed by atoms with Crippen molar-refractivity contribution in [3.05, 3.63) is 5.82 Å². The van der Waals surface area contributed by atoms with E-state index in [1.54, 1.807) is 0 Å². The fourth-order valence-corrected chi connectivity index (χ4v) is 2.98. The molecule has 1 aromatic heterocycles. The van der Waals surface area contributed by atoms with Crippen LogP contribution in [0.2, 0.25) is 0 Å². The van der Waals surface area contributed by atoms with Crippen molar-refractivity contribution in [1.82, 2.24) is 20.5 Å². The van der Waals surface area contributed by atoms with E-state index in [2.05, 4.69) is 20.5 Å². The number of carbonyl (C=O) groups is 1. The molecule has 0 spiro atoms. The summed E-state index contributed by atoms with van der Waals surface area (Å²) in [5.41, 5.74) is 0. The highest BCUT2D eigenvalue weighted by Gasteiger charge is 2.28. The summed E-state index contributed by atoms with van der Waals surface area (Å²) in [6.45, 7) is 0.803. The number of nitrogens with one attached hydrogen (secondary N) is 2. The Morgan fingerprint density at radius 2 is 2.12 bits per heavy atom. The standard InChI is InChI=1S/C11H16N4OS/c16-10-8(3-1-2-6-12-10)17-11-13-9(14-15-11)7-4-5-7/h7-8H,1-6H2,(H,12,16)(H,13,14,15)/t8-/m0/s1. The summed E-state index contributed by atoms with van der Waals surface area (Å²) in [6.07, 6.45) is 5.51. The van der Waals surface area contributed by atoms with Crippen LogP contribution in [0.25, 0.3) is 0 Å². The smallest absolute Gasteiger partial charge is 0.233 e. The molecule has 1 aliphatic heterocycles. The van der Waals surface area contributed by atoms with E-state index in [1.807, 2.05) is 0 Å². The Labute approximate surface area is 104 Å². The third-order valence-corrected chi connectivity index (χ3v) is 4.31. The fourth-order valence-electron chi connectivity index (χ4n) is 2.00. The summed E-state index contributed by atoms with van der Waals surface area (Å²) in [4.78, 5) is 16.2. The first-order chi connectivity index (χ1) is 8.33. The monoisotopic (exact) mass is 252 g/mol. The van der Waals surface area contributed by atoms with Gasteiger partial charge in [-0.05, 0) is 25.7 Å². The molecule has 0 aromatic carbocycles. The summed E-state index contributed by atoms with van der Waals surface area (Å²) >= 11 is 1.49. The molecule has 6 heteroatoms. The number of thioether (sulfide) groups is 1. The lowest BCUT2D eigenvalue weighted by Crippen LogP contribution is -2.30. The molecule has 5 nitrogen and oxygen atoms in total. The molecule has 1 aliphatic carbocycles. The topological polar surface area (TPSA) is 70.7 Å². The largest absolute Gasteiger partial charge is 0.355 e. The van der Waals surface area contributed by atoms with Gasteiger partial charge in [0.2, 0.25) is 11.1 Å². The summed E-state index contributed by atoms with van der Waals surface area (Å²) in [7, 11) is 0. The van der Waals surface area contributed by atoms with Crippen LogP contribution in [0.1, 0.15) is 43.8 Å². The van der Waals surface area contributed by atoms with Crippen molar-refractivity contribution in [2.24, 2.45) is 0 Å². The Balaban J connectivity index is 1.65. The number of hydrogen-bond donors (Lipinski definition) is 2. The van der Waals surface area contributed by atoms with Crippen molar-refractivity contribution < 1.29 is 4.79 Å². The Bertz CT molecular complexity index is 415. The van der Waals surface area contributed by atoms with Crippen LogP contribution >= 0.6 is 11.8 Å². The SMILES string of the molecule is O=C1NCCCC[C@@H]1Sc1n[nH]c(C2CC2)n1. The van der Waals surface area contributed by atoms with Crippen LogP contribution in [0.4, 0.5) is 0 Å². The van der Waals surface area contributed by atoms with Gasteiger partial charge in [-0.2, -0.15) is 0 Å². The number of amides is 1. The quantitative estimate of drug-likeness (QED) is 0.854. The molecule has 2 fully saturated rings. The van der Waals surface area contributed by atoms with E-state index in [0.29, 0.717) is 11.1 Å². The van der Waals surface area contributed by atoms with Crippen molar-refractivity contribution in [3.8, 4) is 0 Å². The number of rotatable bonds is 3. The van der Waals surface area contributed by atoms with Crippen LogP contribution in [-0.4, -0.2) is 32.9 Å². The molecule has 0 bridgehead atoms. The molecule has 2 N–H and O–H groups in total. The van der Waals surface area contributed by atoms with Gasteiger partial charge in [0.25, 0.3) is 0 Å². The lowest BCUT2D eigenvalue weighted by Gasteiger charge is -2.09. The van der Waals surface area contributed by atoms with Crippen molar-refractivity contribution >= 4 is 17.7 Å². The molecule has 1 aromatic rings. The van der Waals surface area contributed by atoms with Gasteiger partial charge in [0, 0.05) is 12.5 Å². The number of nitrogens with zero attached hydrogens (tertiary/aromatic N) is 2. The van der Waals surface area contributed by atoms with E-state index in [-0.39, 0.29) is 11.2 Å². The maximum absolute atomic E-state index is 11.8. The molecule has 0 radical (unpaired) electrons. The second kappa shape index (κ2) is 4.68. The van der Waals surface area contributed by atoms with E-state index in [4.69, 9.17) is 0 Å². The Morgan fingerprint density at radius 3 is 2.94 bits per heavy atom. The van der Waals surface area contributed by atoms with Gasteiger partial charge in [-0.15, -0.1) is 5.10 Å². The summed E-state index contributed by atoms with van der Waals surface area (Å²) in [5, 5.41) is 10.8. The summed E-state index contributed by atoms with van der Waals surface area (Å²) in [6, 6.07) is 0. The van der Waals surface area contributed by atoms with Crippen molar-refractivity contribution in [2.75, 3.05) is 6.54 Å². The lowest BCUT2D eigenvalue weighted by atomic mass is 10.2. The van der Waals surface area contributed by atoms with Gasteiger partial charge in [0.05, 0.1) is 5.25 Å². The van der Waals surface area contributed by atoms with Crippen LogP contribution < -0.4 is 5.32 Å². The molecule has 0 unspecified atom stereocenters. The van der Waals surface area contributed by atoms with Crippen LogP contribution in [0.3, 0.4) is 0 Å². The van der Waals surface area contributed by atoms with E-state index < -0.39 is 0 Å². The highest BCUT2D eigenvalue weighted by molar-refractivity contribution is 8.00. The number of aromatic nitrogens is 3. The second-order valence-electron chi connectivity index (χ2n) is 4.67. The number of H-pyrrole nitrogens is 1. The maximum Gasteiger partial charge on any atom is 0.233 e. The first-order valence-corrected chi connectivity index (χ1v) is 7.07. The number of hydrogen-bond acceptors (Lipinski definition) is 4. The first kappa shape index (κ1) is 11.1. The van der Waals surface area contributed by atoms with Gasteiger partial charge in [0.1, 0.15) is 5.82 Å². The molecule has 92 valence electrons. The van der Waals surface area contributed by atoms with Crippen LogP contribution in [0.15, 0.2) is 5.16 Å². The van der Waals surface area contributed by atoms with Crippen molar-refractivity contribution in [3.63, 3.8) is 0 Å². The molecule has 3 rings (SSSR count). The third-order valence-electron chi connectivity index (χ3n) is 3.18. The molecule has 1 saturated carbocycles. The van der Waals surface area contributed by atoms with Crippen LogP contribution in [0, 0.1) is 0 Å². The zero-order chi connectivity index (χ0) is 11.7. The Hall–Kier alpha value is -1.04. The zero-order valence-electron chi connectivity index (χ0n) is 9.61. The van der Waals surface area contributed by atoms with Gasteiger partial charge >= 0.3 is 0 Å². The molecule has 1 atom stereocenters. The molecular weight excluding hydrogens is 236 g/mol. The Kier molecular flexibility index (Phi) is 3.05. The highest BCUT2D eigenvalue weighted by Crippen LogP contribution is 2.38. The van der Waals surface area contributed by atoms with Gasteiger partial charge in [-0.25, -0.2) is 4.98 Å². The molecule has 1 saturated heterocycles. The second-order valence-corrected chi connectivity index (χ2v) is 5.84. The average molecular weight is 252 g/mol. The molecule has 17 heavy (non-hydrogen) atoms. The van der Waals surface area contributed by atoms with Gasteiger partial charge in [-0.3, -0.25) is 9.89 Å². The predicted molar refractivity (Wildman–Crippen MR) is 64.9 cm³/mol. The lowest BCUT2D eigenvalue weighted by molar-refractivity contribution is -0.120. The minimum absolute atomic E-state index is 0.0275. The maximum atomic E-state index is 11.8. The van der Waals surface area contributed by atoms with Gasteiger partial charge in [0.15, 0.2) is 0 Å². The average Bonchev–Trinajstić information content (AvgIpc) is 3.09. The van der Waals surface area contributed by atoms with Crippen molar-refractivity contribution in [2.45, 2.75) is 48.4 Å². The first-order valence-electron chi connectivity index (χ1n) is 6.19. The van der Waals surface area contributed by atoms with Gasteiger partial charge < -0.3 is 5.32 Å². The number of carbonyl (C=O) groups excluding carboxylic acids is 1. The fraction of sp³-hybridized carbons (Fsp3) is 0.727. The minimum Gasteiger partial charge on any atom is -0.355 e. The van der Waals surface area contributed by atoms with E-state index >= 15 is 0 Å². The molecular formula is C11H16N4OS. The van der Waals surface area contributed by atoms with Crippen LogP contribution in [-0.2, 0) is 4.79 Å². The summed E-state index contributed by atoms with van der Waals surface area (Å²) in [5.74, 6) is 1.70. The molecule has 2 aliphatic rings. The van der Waals surface area contributed by atoms with Crippen molar-refractivity contribution in [1.29, 1.82) is 0 Å². The summed E-state index contributed by atoms with van der Waals surface area (Å²) < 4.78 is 0. The zero-order valence-corrected chi connectivity index (χ0v) is 10.4. The van der Waals surface area contributed by atoms with E-state index in [1.165, 1.54) is 24.6 Å². The van der Waals surface area contributed by atoms with Gasteiger partial charge in [-0.1, -0.05) is 18.2 Å². The normalized spacial score (nSPS) is 25.4. The van der Waals surface area contributed by atoms with E-state index in [0.717, 1.165) is 31.6 Å². The highest BCUT2D eigenvalue weighted by atomic mass is 32.2. The number of aromatic amines is 1. The van der Waals surface area contributed by atoms with Crippen LogP contribution in [0.5, 0.6) is 0 Å².